The van der Waals surface area contributed by atoms with Gasteiger partial charge in [0.1, 0.15) is 5.82 Å². The normalized spacial score (nSPS) is 11.8. The maximum Gasteiger partial charge on any atom is 0.161 e. The van der Waals surface area contributed by atoms with E-state index in [-0.39, 0.29) is 13.2 Å². The number of aromatic nitrogens is 2. The summed E-state index contributed by atoms with van der Waals surface area (Å²) >= 11 is 6.04. The van der Waals surface area contributed by atoms with Crippen LogP contribution in [0.15, 0.2) is 78.9 Å². The fourth-order valence-electron chi connectivity index (χ4n) is 3.52. The smallest absolute Gasteiger partial charge is 0.161 e. The van der Waals surface area contributed by atoms with Gasteiger partial charge in [-0.15, -0.1) is 0 Å². The first-order chi connectivity index (χ1) is 17.0. The molecular weight excluding hydrogens is 460 g/mol. The number of halogens is 1. The monoisotopic (exact) mass is 488 g/mol. The Morgan fingerprint density at radius 1 is 0.886 bits per heavy atom. The van der Waals surface area contributed by atoms with Gasteiger partial charge in [0.2, 0.25) is 0 Å². The number of ether oxygens (including phenoxy) is 1. The second-order valence-corrected chi connectivity index (χ2v) is 8.81. The van der Waals surface area contributed by atoms with Gasteiger partial charge in [-0.05, 0) is 50.2 Å². The van der Waals surface area contributed by atoms with Gasteiger partial charge in [0.15, 0.2) is 5.82 Å². The SMILES string of the molecule is Cc1ccc(NCC(O)COCc2c(C)nc(-c3ccccc3)nc2Nc2ccc(Cl)cc2)cc1. The number of rotatable bonds is 10. The molecule has 1 aromatic heterocycles. The summed E-state index contributed by atoms with van der Waals surface area (Å²) in [5, 5.41) is 17.7. The standard InChI is InChI=1S/C28H29ClN4O2/c1-19-8-12-23(13-9-19)30-16-25(34)17-35-18-26-20(2)31-27(21-6-4-3-5-7-21)33-28(26)32-24-14-10-22(29)11-15-24/h3-15,25,30,34H,16-18H2,1-2H3,(H,31,32,33). The molecule has 35 heavy (non-hydrogen) atoms. The summed E-state index contributed by atoms with van der Waals surface area (Å²) < 4.78 is 5.88. The van der Waals surface area contributed by atoms with Gasteiger partial charge >= 0.3 is 0 Å². The topological polar surface area (TPSA) is 79.3 Å². The van der Waals surface area contributed by atoms with Gasteiger partial charge in [-0.2, -0.15) is 0 Å². The summed E-state index contributed by atoms with van der Waals surface area (Å²) in [6.45, 7) is 4.81. The molecule has 1 unspecified atom stereocenters. The lowest BCUT2D eigenvalue weighted by Crippen LogP contribution is -2.25. The fraction of sp³-hybridized carbons (Fsp3) is 0.214. The van der Waals surface area contributed by atoms with E-state index in [1.807, 2.05) is 92.7 Å². The summed E-state index contributed by atoms with van der Waals surface area (Å²) in [5.74, 6) is 1.29. The number of nitrogens with one attached hydrogen (secondary N) is 2. The summed E-state index contributed by atoms with van der Waals surface area (Å²) in [5.41, 5.74) is 5.58. The van der Waals surface area contributed by atoms with Crippen molar-refractivity contribution in [2.24, 2.45) is 0 Å². The van der Waals surface area contributed by atoms with Crippen LogP contribution in [0.1, 0.15) is 16.8 Å². The summed E-state index contributed by atoms with van der Waals surface area (Å²) in [6.07, 6.45) is -0.659. The molecule has 0 aliphatic carbocycles. The van der Waals surface area contributed by atoms with Crippen LogP contribution in [0, 0.1) is 13.8 Å². The van der Waals surface area contributed by atoms with Crippen LogP contribution in [0.4, 0.5) is 17.2 Å². The third kappa shape index (κ3) is 7.02. The molecule has 4 aromatic rings. The Hall–Kier alpha value is -3.45. The lowest BCUT2D eigenvalue weighted by molar-refractivity contribution is 0.0346. The van der Waals surface area contributed by atoms with E-state index >= 15 is 0 Å². The van der Waals surface area contributed by atoms with Crippen LogP contribution in [-0.4, -0.2) is 34.3 Å². The average molecular weight is 489 g/mol. The third-order valence-electron chi connectivity index (χ3n) is 5.50. The molecule has 3 N–H and O–H groups in total. The van der Waals surface area contributed by atoms with Crippen molar-refractivity contribution in [3.63, 3.8) is 0 Å². The number of hydrogen-bond donors (Lipinski definition) is 3. The zero-order valence-electron chi connectivity index (χ0n) is 19.8. The van der Waals surface area contributed by atoms with Crippen molar-refractivity contribution in [2.45, 2.75) is 26.6 Å². The van der Waals surface area contributed by atoms with E-state index < -0.39 is 6.10 Å². The zero-order chi connectivity index (χ0) is 24.6. The highest BCUT2D eigenvalue weighted by atomic mass is 35.5. The van der Waals surface area contributed by atoms with Crippen molar-refractivity contribution in [1.29, 1.82) is 0 Å². The Morgan fingerprint density at radius 2 is 1.57 bits per heavy atom. The second-order valence-electron chi connectivity index (χ2n) is 8.37. The van der Waals surface area contributed by atoms with Gasteiger partial charge < -0.3 is 20.5 Å². The van der Waals surface area contributed by atoms with Gasteiger partial charge in [0, 0.05) is 39.8 Å². The third-order valence-corrected chi connectivity index (χ3v) is 5.75. The maximum atomic E-state index is 10.4. The van der Waals surface area contributed by atoms with Crippen LogP contribution < -0.4 is 10.6 Å². The lowest BCUT2D eigenvalue weighted by atomic mass is 10.1. The minimum Gasteiger partial charge on any atom is -0.389 e. The summed E-state index contributed by atoms with van der Waals surface area (Å²) in [4.78, 5) is 9.51. The Balaban J connectivity index is 1.46. The predicted octanol–water partition coefficient (Wildman–Crippen LogP) is 6.15. The second kappa shape index (κ2) is 11.8. The highest BCUT2D eigenvalue weighted by molar-refractivity contribution is 6.30. The van der Waals surface area contributed by atoms with Gasteiger partial charge in [0.05, 0.1) is 19.3 Å². The number of aliphatic hydroxyl groups excluding tert-OH is 1. The molecule has 1 atom stereocenters. The van der Waals surface area contributed by atoms with Crippen LogP contribution in [0.2, 0.25) is 5.02 Å². The predicted molar refractivity (Wildman–Crippen MR) is 142 cm³/mol. The number of aliphatic hydroxyl groups is 1. The van der Waals surface area contributed by atoms with Crippen molar-refractivity contribution in [1.82, 2.24) is 9.97 Å². The largest absolute Gasteiger partial charge is 0.389 e. The Morgan fingerprint density at radius 3 is 2.29 bits per heavy atom. The number of hydrogen-bond acceptors (Lipinski definition) is 6. The van der Waals surface area contributed by atoms with Crippen molar-refractivity contribution in [3.05, 3.63) is 101 Å². The number of aryl methyl sites for hydroxylation is 2. The van der Waals surface area contributed by atoms with E-state index in [9.17, 15) is 5.11 Å². The Bertz CT molecular complexity index is 1230. The average Bonchev–Trinajstić information content (AvgIpc) is 2.87. The number of anilines is 3. The molecule has 4 rings (SSSR count). The molecule has 0 radical (unpaired) electrons. The first-order valence-corrected chi connectivity index (χ1v) is 11.9. The van der Waals surface area contributed by atoms with Gasteiger partial charge in [0.25, 0.3) is 0 Å². The van der Waals surface area contributed by atoms with Crippen LogP contribution in [0.25, 0.3) is 11.4 Å². The molecule has 0 spiro atoms. The van der Waals surface area contributed by atoms with Crippen LogP contribution in [0.3, 0.4) is 0 Å². The molecule has 0 bridgehead atoms. The number of benzene rings is 3. The molecule has 180 valence electrons. The van der Waals surface area contributed by atoms with Crippen molar-refractivity contribution >= 4 is 28.8 Å². The van der Waals surface area contributed by atoms with E-state index in [1.165, 1.54) is 5.56 Å². The van der Waals surface area contributed by atoms with E-state index in [0.29, 0.717) is 23.2 Å². The van der Waals surface area contributed by atoms with Crippen molar-refractivity contribution in [3.8, 4) is 11.4 Å². The fourth-order valence-corrected chi connectivity index (χ4v) is 3.65. The number of nitrogens with zero attached hydrogens (tertiary/aromatic N) is 2. The van der Waals surface area contributed by atoms with E-state index in [2.05, 4.69) is 10.6 Å². The van der Waals surface area contributed by atoms with Gasteiger partial charge in [-0.25, -0.2) is 9.97 Å². The minimum absolute atomic E-state index is 0.180. The molecule has 3 aromatic carbocycles. The van der Waals surface area contributed by atoms with Crippen molar-refractivity contribution in [2.75, 3.05) is 23.8 Å². The molecule has 0 amide bonds. The first-order valence-electron chi connectivity index (χ1n) is 11.5. The quantitative estimate of drug-likeness (QED) is 0.248. The molecule has 0 saturated carbocycles. The van der Waals surface area contributed by atoms with E-state index in [4.69, 9.17) is 26.3 Å². The van der Waals surface area contributed by atoms with E-state index in [0.717, 1.165) is 28.2 Å². The first kappa shape index (κ1) is 24.7. The summed E-state index contributed by atoms with van der Waals surface area (Å²) in [6, 6.07) is 25.3. The van der Waals surface area contributed by atoms with Gasteiger partial charge in [-0.1, -0.05) is 59.6 Å². The molecule has 7 heteroatoms. The summed E-state index contributed by atoms with van der Waals surface area (Å²) in [7, 11) is 0. The Labute approximate surface area is 211 Å². The molecular formula is C28H29ClN4O2. The Kier molecular flexibility index (Phi) is 8.32. The maximum absolute atomic E-state index is 10.4. The zero-order valence-corrected chi connectivity index (χ0v) is 20.6. The van der Waals surface area contributed by atoms with Crippen LogP contribution in [0.5, 0.6) is 0 Å². The molecule has 0 aliphatic rings. The molecule has 0 saturated heterocycles. The molecule has 1 heterocycles. The highest BCUT2D eigenvalue weighted by Gasteiger charge is 2.15. The molecule has 0 aliphatic heterocycles. The van der Waals surface area contributed by atoms with Gasteiger partial charge in [-0.3, -0.25) is 0 Å². The minimum atomic E-state index is -0.659. The van der Waals surface area contributed by atoms with E-state index in [1.54, 1.807) is 0 Å². The van der Waals surface area contributed by atoms with Crippen molar-refractivity contribution < 1.29 is 9.84 Å². The van der Waals surface area contributed by atoms with Crippen LogP contribution in [-0.2, 0) is 11.3 Å². The molecule has 0 fully saturated rings. The lowest BCUT2D eigenvalue weighted by Gasteiger charge is -2.17. The highest BCUT2D eigenvalue weighted by Crippen LogP contribution is 2.26. The van der Waals surface area contributed by atoms with Crippen LogP contribution >= 0.6 is 11.6 Å². The molecule has 6 nitrogen and oxygen atoms in total.